The zero-order valence-electron chi connectivity index (χ0n) is 17.3. The topological polar surface area (TPSA) is 49.3 Å². The third-order valence-corrected chi connectivity index (χ3v) is 4.47. The van der Waals surface area contributed by atoms with Gasteiger partial charge in [0, 0.05) is 11.8 Å². The highest BCUT2D eigenvalue weighted by Crippen LogP contribution is 2.12. The summed E-state index contributed by atoms with van der Waals surface area (Å²) in [5.41, 5.74) is 5.14. The Morgan fingerprint density at radius 2 is 1.46 bits per heavy atom. The van der Waals surface area contributed by atoms with Gasteiger partial charge in [-0.15, -0.1) is 0 Å². The molecule has 26 heavy (non-hydrogen) atoms. The Kier molecular flexibility index (Phi) is 13.2. The maximum atomic E-state index is 11.4. The van der Waals surface area contributed by atoms with Gasteiger partial charge in [0.1, 0.15) is 6.04 Å². The van der Waals surface area contributed by atoms with Crippen LogP contribution in [0, 0.1) is 0 Å². The van der Waals surface area contributed by atoms with Crippen molar-refractivity contribution in [1.82, 2.24) is 5.32 Å². The molecule has 0 heterocycles. The maximum Gasteiger partial charge on any atom is 0.322 e. The largest absolute Gasteiger partial charge is 0.480 e. The number of aliphatic carboxylic acids is 1. The van der Waals surface area contributed by atoms with Gasteiger partial charge in [-0.25, -0.2) is 0 Å². The second kappa shape index (κ2) is 13.9. The number of rotatable bonds is 12. The van der Waals surface area contributed by atoms with Crippen LogP contribution in [0.4, 0.5) is 0 Å². The Balaban J connectivity index is 4.36. The van der Waals surface area contributed by atoms with Crippen molar-refractivity contribution < 1.29 is 9.90 Å². The molecule has 4 heteroatoms. The van der Waals surface area contributed by atoms with E-state index in [1.807, 2.05) is 19.9 Å². The zero-order valence-corrected chi connectivity index (χ0v) is 18.2. The van der Waals surface area contributed by atoms with E-state index in [0.717, 1.165) is 31.3 Å². The predicted molar refractivity (Wildman–Crippen MR) is 117 cm³/mol. The van der Waals surface area contributed by atoms with Gasteiger partial charge < -0.3 is 5.11 Å². The number of carboxylic acid groups (broad SMARTS) is 1. The molecule has 0 saturated heterocycles. The first kappa shape index (κ1) is 24.7. The molecule has 0 saturated carbocycles. The highest BCUT2D eigenvalue weighted by molar-refractivity contribution is 7.81. The van der Waals surface area contributed by atoms with Gasteiger partial charge in [-0.2, -0.15) is 12.6 Å². The second-order valence-electron chi connectivity index (χ2n) is 7.42. The third kappa shape index (κ3) is 13.0. The van der Waals surface area contributed by atoms with E-state index in [9.17, 15) is 9.90 Å². The molecule has 0 aliphatic carbocycles. The quantitative estimate of drug-likeness (QED) is 0.300. The monoisotopic (exact) mass is 379 g/mol. The fraction of sp³-hybridized carbons (Fsp3) is 0.591. The van der Waals surface area contributed by atoms with Crippen LogP contribution >= 0.6 is 12.6 Å². The number of nitrogens with one attached hydrogen (secondary N) is 1. The van der Waals surface area contributed by atoms with Crippen LogP contribution in [-0.4, -0.2) is 28.9 Å². The molecule has 0 aromatic rings. The summed E-state index contributed by atoms with van der Waals surface area (Å²) in [6.45, 7) is 13.0. The van der Waals surface area contributed by atoms with Gasteiger partial charge >= 0.3 is 5.97 Å². The summed E-state index contributed by atoms with van der Waals surface area (Å²) in [5.74, 6) is -0.872. The summed E-state index contributed by atoms with van der Waals surface area (Å²) >= 11 is 4.40. The molecule has 0 radical (unpaired) electrons. The summed E-state index contributed by atoms with van der Waals surface area (Å²) in [4.78, 5) is 11.4. The van der Waals surface area contributed by atoms with Crippen LogP contribution in [0.15, 0.2) is 46.6 Å². The predicted octanol–water partition coefficient (Wildman–Crippen LogP) is 5.71. The fourth-order valence-electron chi connectivity index (χ4n) is 2.49. The van der Waals surface area contributed by atoms with E-state index in [2.05, 4.69) is 63.9 Å². The van der Waals surface area contributed by atoms with E-state index in [0.29, 0.717) is 6.54 Å². The fourth-order valence-corrected chi connectivity index (χ4v) is 3.02. The van der Waals surface area contributed by atoms with Crippen LogP contribution in [0.3, 0.4) is 0 Å². The van der Waals surface area contributed by atoms with E-state index in [1.165, 1.54) is 16.7 Å². The SMILES string of the molecule is CC(C)=CCCC(C)=CCCC(C)=CCN[C@H](C(=O)O)C(S)C=C(C)C. The lowest BCUT2D eigenvalue weighted by molar-refractivity contribution is -0.139. The Labute approximate surface area is 165 Å². The van der Waals surface area contributed by atoms with Crippen LogP contribution in [0.5, 0.6) is 0 Å². The molecule has 1 unspecified atom stereocenters. The number of carboxylic acids is 1. The van der Waals surface area contributed by atoms with Crippen LogP contribution in [0.2, 0.25) is 0 Å². The number of hydrogen-bond donors (Lipinski definition) is 3. The molecule has 2 atom stereocenters. The molecule has 0 amide bonds. The molecule has 0 rings (SSSR count). The third-order valence-electron chi connectivity index (χ3n) is 4.02. The first-order chi connectivity index (χ1) is 12.1. The maximum absolute atomic E-state index is 11.4. The summed E-state index contributed by atoms with van der Waals surface area (Å²) in [7, 11) is 0. The molecule has 0 bridgehead atoms. The summed E-state index contributed by atoms with van der Waals surface area (Å²) in [6.07, 6.45) is 12.8. The average Bonchev–Trinajstić information content (AvgIpc) is 2.49. The van der Waals surface area contributed by atoms with Crippen LogP contribution in [0.25, 0.3) is 0 Å². The summed E-state index contributed by atoms with van der Waals surface area (Å²) < 4.78 is 0. The van der Waals surface area contributed by atoms with Crippen molar-refractivity contribution in [2.75, 3.05) is 6.54 Å². The van der Waals surface area contributed by atoms with Crippen molar-refractivity contribution in [3.63, 3.8) is 0 Å². The van der Waals surface area contributed by atoms with Crippen molar-refractivity contribution in [2.45, 2.75) is 78.5 Å². The standard InChI is InChI=1S/C22H37NO2S/c1-16(2)9-7-10-18(5)11-8-12-19(6)13-14-23-21(22(24)25)20(26)15-17(3)4/h9,11,13,15,20-21,23,26H,7-8,10,12,14H2,1-6H3,(H,24,25)/t20?,21-/m0/s1. The highest BCUT2D eigenvalue weighted by Gasteiger charge is 2.22. The second-order valence-corrected chi connectivity index (χ2v) is 8.01. The van der Waals surface area contributed by atoms with E-state index in [4.69, 9.17) is 0 Å². The Morgan fingerprint density at radius 3 is 1.96 bits per heavy atom. The molecule has 0 aliphatic heterocycles. The van der Waals surface area contributed by atoms with Gasteiger partial charge in [-0.1, -0.05) is 46.6 Å². The lowest BCUT2D eigenvalue weighted by Gasteiger charge is -2.18. The van der Waals surface area contributed by atoms with E-state index >= 15 is 0 Å². The molecule has 0 aromatic heterocycles. The lowest BCUT2D eigenvalue weighted by atomic mass is 10.1. The van der Waals surface area contributed by atoms with Crippen molar-refractivity contribution >= 4 is 18.6 Å². The molecule has 148 valence electrons. The Bertz CT molecular complexity index is 550. The van der Waals surface area contributed by atoms with Gasteiger partial charge in [0.2, 0.25) is 0 Å². The summed E-state index contributed by atoms with van der Waals surface area (Å²) in [6, 6.07) is -0.686. The molecular weight excluding hydrogens is 342 g/mol. The number of thiol groups is 1. The minimum Gasteiger partial charge on any atom is -0.480 e. The van der Waals surface area contributed by atoms with Gasteiger partial charge in [0.15, 0.2) is 0 Å². The van der Waals surface area contributed by atoms with Gasteiger partial charge in [0.25, 0.3) is 0 Å². The summed E-state index contributed by atoms with van der Waals surface area (Å²) in [5, 5.41) is 12.1. The van der Waals surface area contributed by atoms with Crippen LogP contribution in [0.1, 0.15) is 67.2 Å². The first-order valence-corrected chi connectivity index (χ1v) is 9.89. The minimum atomic E-state index is -0.872. The van der Waals surface area contributed by atoms with Gasteiger partial charge in [-0.3, -0.25) is 10.1 Å². The minimum absolute atomic E-state index is 0.336. The molecule has 0 fully saturated rings. The zero-order chi connectivity index (χ0) is 20.1. The van der Waals surface area contributed by atoms with Crippen molar-refractivity contribution in [1.29, 1.82) is 0 Å². The highest BCUT2D eigenvalue weighted by atomic mass is 32.1. The van der Waals surface area contributed by atoms with Crippen LogP contribution in [-0.2, 0) is 4.79 Å². The Morgan fingerprint density at radius 1 is 0.923 bits per heavy atom. The van der Waals surface area contributed by atoms with Crippen molar-refractivity contribution in [3.05, 3.63) is 46.6 Å². The van der Waals surface area contributed by atoms with Crippen molar-refractivity contribution in [2.24, 2.45) is 0 Å². The van der Waals surface area contributed by atoms with Gasteiger partial charge in [-0.05, 0) is 67.2 Å². The van der Waals surface area contributed by atoms with Crippen molar-refractivity contribution in [3.8, 4) is 0 Å². The molecular formula is C22H37NO2S. The van der Waals surface area contributed by atoms with Crippen LogP contribution < -0.4 is 5.32 Å². The average molecular weight is 380 g/mol. The number of hydrogen-bond acceptors (Lipinski definition) is 3. The molecule has 0 spiro atoms. The van der Waals surface area contributed by atoms with E-state index in [-0.39, 0.29) is 5.25 Å². The first-order valence-electron chi connectivity index (χ1n) is 9.37. The smallest absolute Gasteiger partial charge is 0.322 e. The lowest BCUT2D eigenvalue weighted by Crippen LogP contribution is -2.43. The van der Waals surface area contributed by atoms with E-state index < -0.39 is 12.0 Å². The van der Waals surface area contributed by atoms with E-state index in [1.54, 1.807) is 0 Å². The Hall–Kier alpha value is -1.26. The molecule has 0 aromatic carbocycles. The van der Waals surface area contributed by atoms with Gasteiger partial charge in [0.05, 0.1) is 0 Å². The number of allylic oxidation sites excluding steroid dienone is 6. The normalized spacial score (nSPS) is 14.6. The molecule has 0 aliphatic rings. The molecule has 2 N–H and O–H groups in total. The molecule has 3 nitrogen and oxygen atoms in total. The number of carbonyl (C=O) groups is 1.